The van der Waals surface area contributed by atoms with Crippen molar-refractivity contribution >= 4 is 57.2 Å². The van der Waals surface area contributed by atoms with E-state index in [4.69, 9.17) is 4.11 Å². The summed E-state index contributed by atoms with van der Waals surface area (Å²) in [5, 5.41) is 0. The molecule has 0 fully saturated rings. The Labute approximate surface area is 491 Å². The molecule has 0 aliphatic carbocycles. The maximum Gasteiger partial charge on any atom is 0.252 e. The van der Waals surface area contributed by atoms with E-state index < -0.39 is 6.04 Å². The largest absolute Gasteiger partial charge is 0.311 e. The Morgan fingerprint density at radius 3 is 1.51 bits per heavy atom. The highest BCUT2D eigenvalue weighted by atomic mass is 15.2. The van der Waals surface area contributed by atoms with E-state index in [9.17, 15) is 2.74 Å². The van der Waals surface area contributed by atoms with E-state index in [0.717, 1.165) is 89.5 Å². The second-order valence-electron chi connectivity index (χ2n) is 26.3. The molecule has 0 saturated heterocycles. The minimum Gasteiger partial charge on any atom is -0.311 e. The Hall–Kier alpha value is -8.14. The SMILES string of the molecule is [2H]c1c([2H])c([2H])c(-c2cc3c4c(c2)N(c2c(-c5cccc(C(C)(C)C)c5)cccc2-c2cccc(C(C)(C)C)c2)c2ccc(-c5ccc(C(C)C)cc5C(C)C)cc2B4c2ccc(C(C)(C)C)cc2N3c2ccc(-c3ccccc3)cc2)c([2H])c1[2H]. The molecule has 0 atom stereocenters. The number of anilines is 6. The Bertz CT molecular complexity index is 4210. The normalized spacial score (nSPS) is 14.0. The van der Waals surface area contributed by atoms with Crippen LogP contribution in [0.2, 0.25) is 0 Å². The van der Waals surface area contributed by atoms with Gasteiger partial charge in [-0.1, -0.05) is 272 Å². The van der Waals surface area contributed by atoms with Gasteiger partial charge in [-0.05, 0) is 153 Å². The molecule has 3 heteroatoms. The Morgan fingerprint density at radius 2 is 0.914 bits per heavy atom. The summed E-state index contributed by atoms with van der Waals surface area (Å²) in [6, 6.07) is 67.7. The summed E-state index contributed by atoms with van der Waals surface area (Å²) >= 11 is 0. The van der Waals surface area contributed by atoms with Crippen molar-refractivity contribution < 1.29 is 6.85 Å². The molecule has 0 amide bonds. The van der Waals surface area contributed by atoms with Gasteiger partial charge in [0.15, 0.2) is 0 Å². The predicted molar refractivity (Wildman–Crippen MR) is 352 cm³/mol. The third-order valence-electron chi connectivity index (χ3n) is 17.0. The second-order valence-corrected chi connectivity index (χ2v) is 26.3. The zero-order chi connectivity index (χ0) is 61.1. The van der Waals surface area contributed by atoms with Gasteiger partial charge < -0.3 is 9.80 Å². The van der Waals surface area contributed by atoms with Crippen molar-refractivity contribution in [1.82, 2.24) is 0 Å². The average Bonchev–Trinajstić information content (AvgIpc) is 1.29. The molecule has 81 heavy (non-hydrogen) atoms. The third kappa shape index (κ3) is 9.83. The molecule has 0 N–H and O–H groups in total. The maximum atomic E-state index is 9.68. The number of nitrogens with zero attached hydrogens (tertiary/aromatic N) is 2. The van der Waals surface area contributed by atoms with E-state index >= 15 is 0 Å². The van der Waals surface area contributed by atoms with Crippen LogP contribution >= 0.6 is 0 Å². The first-order chi connectivity index (χ1) is 40.8. The minimum absolute atomic E-state index is 0.140. The quantitative estimate of drug-likeness (QED) is 0.133. The van der Waals surface area contributed by atoms with Crippen molar-refractivity contribution in [1.29, 1.82) is 0 Å². The highest BCUT2D eigenvalue weighted by Gasteiger charge is 2.45. The fourth-order valence-corrected chi connectivity index (χ4v) is 12.4. The molecule has 10 aromatic carbocycles. The van der Waals surface area contributed by atoms with Crippen LogP contribution < -0.4 is 26.2 Å². The molecule has 2 aliphatic rings. The first-order valence-electron chi connectivity index (χ1n) is 31.6. The highest BCUT2D eigenvalue weighted by molar-refractivity contribution is 7.00. The van der Waals surface area contributed by atoms with Gasteiger partial charge >= 0.3 is 0 Å². The van der Waals surface area contributed by atoms with Gasteiger partial charge in [0.1, 0.15) is 0 Å². The van der Waals surface area contributed by atoms with Gasteiger partial charge in [0.05, 0.1) is 12.5 Å². The molecule has 2 nitrogen and oxygen atoms in total. The van der Waals surface area contributed by atoms with Crippen LogP contribution in [0.25, 0.3) is 55.6 Å². The van der Waals surface area contributed by atoms with Crippen molar-refractivity contribution in [3.8, 4) is 55.6 Å². The van der Waals surface area contributed by atoms with E-state index in [1.54, 1.807) is 0 Å². The first kappa shape index (κ1) is 47.7. The topological polar surface area (TPSA) is 6.48 Å². The lowest BCUT2D eigenvalue weighted by molar-refractivity contribution is 0.590. The molecule has 0 aromatic heterocycles. The lowest BCUT2D eigenvalue weighted by Gasteiger charge is -2.45. The molecule has 2 heterocycles. The summed E-state index contributed by atoms with van der Waals surface area (Å²) in [6.07, 6.45) is 0. The van der Waals surface area contributed by atoms with E-state index in [1.807, 2.05) is 6.07 Å². The zero-order valence-corrected chi connectivity index (χ0v) is 49.5. The summed E-state index contributed by atoms with van der Waals surface area (Å²) in [4.78, 5) is 4.86. The van der Waals surface area contributed by atoms with Gasteiger partial charge in [-0.3, -0.25) is 0 Å². The number of para-hydroxylation sites is 1. The lowest BCUT2D eigenvalue weighted by Crippen LogP contribution is -2.61. The van der Waals surface area contributed by atoms with Gasteiger partial charge in [0, 0.05) is 39.6 Å². The van der Waals surface area contributed by atoms with E-state index in [2.05, 4.69) is 282 Å². The summed E-state index contributed by atoms with van der Waals surface area (Å²) in [5.74, 6) is 0.636. The zero-order valence-electron chi connectivity index (χ0n) is 54.5. The molecule has 0 spiro atoms. The number of hydrogen-bond donors (Lipinski definition) is 0. The van der Waals surface area contributed by atoms with E-state index in [-0.39, 0.29) is 58.6 Å². The number of benzene rings is 10. The summed E-state index contributed by atoms with van der Waals surface area (Å²) < 4.78 is 46.5. The predicted octanol–water partition coefficient (Wildman–Crippen LogP) is 20.2. The minimum atomic E-state index is -0.425. The molecule has 12 rings (SSSR count). The third-order valence-corrected chi connectivity index (χ3v) is 17.0. The van der Waals surface area contributed by atoms with Crippen LogP contribution in [0.1, 0.15) is 137 Å². The van der Waals surface area contributed by atoms with Crippen LogP contribution in [-0.4, -0.2) is 6.71 Å². The van der Waals surface area contributed by atoms with Crippen molar-refractivity contribution in [3.05, 3.63) is 246 Å². The van der Waals surface area contributed by atoms with E-state index in [1.165, 1.54) is 33.4 Å². The van der Waals surface area contributed by atoms with Crippen LogP contribution in [0.4, 0.5) is 34.1 Å². The van der Waals surface area contributed by atoms with E-state index in [0.29, 0.717) is 11.5 Å². The molecular weight excluding hydrogens is 976 g/mol. The number of rotatable bonds is 9. The fourth-order valence-electron chi connectivity index (χ4n) is 12.4. The van der Waals surface area contributed by atoms with Crippen LogP contribution in [-0.2, 0) is 16.2 Å². The van der Waals surface area contributed by atoms with Gasteiger partial charge in [-0.25, -0.2) is 0 Å². The fraction of sp³-hybridized carbons (Fsp3) is 0.231. The van der Waals surface area contributed by atoms with Crippen LogP contribution in [0, 0.1) is 0 Å². The van der Waals surface area contributed by atoms with Gasteiger partial charge in [-0.2, -0.15) is 0 Å². The second kappa shape index (κ2) is 20.4. The van der Waals surface area contributed by atoms with Crippen molar-refractivity contribution in [2.75, 3.05) is 9.80 Å². The van der Waals surface area contributed by atoms with Crippen molar-refractivity contribution in [2.24, 2.45) is 0 Å². The lowest BCUT2D eigenvalue weighted by atomic mass is 9.33. The monoisotopic (exact) mass is 1060 g/mol. The molecule has 0 radical (unpaired) electrons. The molecule has 10 aromatic rings. The van der Waals surface area contributed by atoms with Crippen LogP contribution in [0.3, 0.4) is 0 Å². The smallest absolute Gasteiger partial charge is 0.252 e. The molecule has 402 valence electrons. The van der Waals surface area contributed by atoms with Crippen LogP contribution in [0.5, 0.6) is 0 Å². The molecule has 0 unspecified atom stereocenters. The summed E-state index contributed by atoms with van der Waals surface area (Å²) in [6.45, 7) is 29.2. The molecule has 0 saturated carbocycles. The van der Waals surface area contributed by atoms with Gasteiger partial charge in [0.2, 0.25) is 0 Å². The van der Waals surface area contributed by atoms with Crippen LogP contribution in [0.15, 0.2) is 218 Å². The maximum absolute atomic E-state index is 9.68. The highest BCUT2D eigenvalue weighted by Crippen LogP contribution is 2.52. The van der Waals surface area contributed by atoms with Crippen molar-refractivity contribution in [2.45, 2.75) is 118 Å². The number of hydrogen-bond acceptors (Lipinski definition) is 2. The molecule has 0 bridgehead atoms. The standard InChI is InChI=1S/C78H77BN2/c1-50(2)55-35-40-64(67(45-55)51(3)4)58-36-42-70-69(46-58)79-68-41-37-62(78(11,12)13)49-71(68)80(63-38-33-54(34-39-63)52-23-16-14-17-24-52)72-47-59(53-25-18-15-19-26-53)48-73(74(72)79)81(70)75-65(56-27-20-29-60(43-56)76(5,6)7)31-22-32-66(75)57-28-21-30-61(44-57)77(8,9)10/h14-51H,1-13H3/i15D,18D,19D,25D,26D. The average molecular weight is 1060 g/mol. The molecule has 2 aliphatic heterocycles. The Balaban J connectivity index is 1.27. The summed E-state index contributed by atoms with van der Waals surface area (Å²) in [7, 11) is 0. The Morgan fingerprint density at radius 1 is 0.370 bits per heavy atom. The first-order valence-corrected chi connectivity index (χ1v) is 29.1. The molecular formula is C78H77BN2. The number of fused-ring (bicyclic) bond motifs is 4. The van der Waals surface area contributed by atoms with Crippen molar-refractivity contribution in [3.63, 3.8) is 0 Å². The van der Waals surface area contributed by atoms with Gasteiger partial charge in [0.25, 0.3) is 6.71 Å². The Kier molecular flexibility index (Phi) is 12.0. The summed E-state index contributed by atoms with van der Waals surface area (Å²) in [5.41, 5.74) is 24.2. The van der Waals surface area contributed by atoms with Gasteiger partial charge in [-0.15, -0.1) is 0 Å².